The predicted octanol–water partition coefficient (Wildman–Crippen LogP) is 10.5. The summed E-state index contributed by atoms with van der Waals surface area (Å²) in [6, 6.07) is 62.2. The van der Waals surface area contributed by atoms with E-state index in [1.807, 2.05) is 12.1 Å². The molecule has 3 aromatic heterocycles. The molecule has 260 valence electrons. The lowest BCUT2D eigenvalue weighted by Gasteiger charge is -2.33. The molecule has 0 unspecified atom stereocenters. The molecule has 0 N–H and O–H groups in total. The van der Waals surface area contributed by atoms with Gasteiger partial charge in [-0.05, 0) is 71.8 Å². The molecule has 5 heterocycles. The summed E-state index contributed by atoms with van der Waals surface area (Å²) < 4.78 is 20.9. The summed E-state index contributed by atoms with van der Waals surface area (Å²) in [5, 5.41) is 2.47. The van der Waals surface area contributed by atoms with Gasteiger partial charge in [0.1, 0.15) is 17.2 Å². The van der Waals surface area contributed by atoms with E-state index in [9.17, 15) is 0 Å². The largest absolute Gasteiger partial charge is 0.551 e. The Kier molecular flexibility index (Phi) is 5.89. The van der Waals surface area contributed by atoms with Crippen molar-refractivity contribution in [3.63, 3.8) is 0 Å². The van der Waals surface area contributed by atoms with Gasteiger partial charge >= 0.3 is 6.92 Å². The molecule has 0 atom stereocenters. The summed E-state index contributed by atoms with van der Waals surface area (Å²) in [6.07, 6.45) is 0. The van der Waals surface area contributed by atoms with Gasteiger partial charge < -0.3 is 14.0 Å². The van der Waals surface area contributed by atoms with Crippen molar-refractivity contribution in [2.75, 3.05) is 0 Å². The number of rotatable bonds is 3. The van der Waals surface area contributed by atoms with Gasteiger partial charge in [0.15, 0.2) is 0 Å². The first-order valence-corrected chi connectivity index (χ1v) is 19.0. The van der Waals surface area contributed by atoms with Crippen LogP contribution in [0.1, 0.15) is 0 Å². The SMILES string of the molecule is c1ccc2c(c1)OB1c3ccc(-c4ccccc4-n4c5ccccc5c5ccccc54)cc3Oc3cc(-n4c5ccccc5n5c6ccccc6nc45)cc-2c31. The summed E-state index contributed by atoms with van der Waals surface area (Å²) in [5.41, 5.74) is 15.0. The minimum Gasteiger partial charge on any atom is -0.551 e. The molecule has 8 aromatic carbocycles. The zero-order valence-corrected chi connectivity index (χ0v) is 29.9. The molecule has 13 rings (SSSR count). The lowest BCUT2D eigenvalue weighted by Crippen LogP contribution is -2.53. The maximum atomic E-state index is 7.07. The van der Waals surface area contributed by atoms with E-state index < -0.39 is 0 Å². The van der Waals surface area contributed by atoms with Gasteiger partial charge in [-0.3, -0.25) is 8.97 Å². The fourth-order valence-electron chi connectivity index (χ4n) is 9.34. The topological polar surface area (TPSA) is 45.6 Å². The molecular formula is C49H29BN4O2. The van der Waals surface area contributed by atoms with Crippen molar-refractivity contribution in [1.29, 1.82) is 0 Å². The highest BCUT2D eigenvalue weighted by molar-refractivity contribution is 6.84. The van der Waals surface area contributed by atoms with Crippen molar-refractivity contribution in [2.24, 2.45) is 0 Å². The highest BCUT2D eigenvalue weighted by Crippen LogP contribution is 2.43. The summed E-state index contributed by atoms with van der Waals surface area (Å²) >= 11 is 0. The molecule has 0 saturated carbocycles. The highest BCUT2D eigenvalue weighted by atomic mass is 16.5. The minimum atomic E-state index is -0.329. The zero-order valence-electron chi connectivity index (χ0n) is 29.9. The quantitative estimate of drug-likeness (QED) is 0.171. The maximum Gasteiger partial charge on any atom is 0.434 e. The second-order valence-corrected chi connectivity index (χ2v) is 14.7. The average Bonchev–Trinajstić information content (AvgIpc) is 3.90. The Morgan fingerprint density at radius 3 is 1.95 bits per heavy atom. The molecular weight excluding hydrogens is 687 g/mol. The molecule has 0 amide bonds. The van der Waals surface area contributed by atoms with Crippen molar-refractivity contribution >= 4 is 67.5 Å². The standard InChI is InChI=1S/C49H29BN4O2/c1-6-18-39(53-40-19-7-2-14-33(40)34-15-3-8-20-41(34)53)32(13-1)30-25-26-37-46(27-30)55-47-29-31(28-36-35-16-4-12-24-45(35)56-50(37)48(36)47)52-43-22-10-11-23-44(43)54-42-21-9-5-17-38(42)51-49(52)54/h1-29H. The van der Waals surface area contributed by atoms with Crippen molar-refractivity contribution in [3.8, 4) is 50.9 Å². The normalized spacial score (nSPS) is 12.9. The molecule has 56 heavy (non-hydrogen) atoms. The zero-order chi connectivity index (χ0) is 36.5. The second-order valence-electron chi connectivity index (χ2n) is 14.7. The molecule has 0 fully saturated rings. The summed E-state index contributed by atoms with van der Waals surface area (Å²) in [7, 11) is 0. The van der Waals surface area contributed by atoms with Gasteiger partial charge in [-0.1, -0.05) is 109 Å². The molecule has 2 aliphatic rings. The molecule has 0 bridgehead atoms. The van der Waals surface area contributed by atoms with Crippen LogP contribution >= 0.6 is 0 Å². The van der Waals surface area contributed by atoms with Crippen molar-refractivity contribution in [3.05, 3.63) is 176 Å². The predicted molar refractivity (Wildman–Crippen MR) is 227 cm³/mol. The number of hydrogen-bond acceptors (Lipinski definition) is 3. The number of nitrogens with zero attached hydrogens (tertiary/aromatic N) is 4. The van der Waals surface area contributed by atoms with Crippen molar-refractivity contribution in [1.82, 2.24) is 18.5 Å². The van der Waals surface area contributed by atoms with Gasteiger partial charge in [-0.15, -0.1) is 0 Å². The van der Waals surface area contributed by atoms with Crippen LogP contribution in [0.15, 0.2) is 176 Å². The Balaban J connectivity index is 1.02. The number of hydrogen-bond donors (Lipinski definition) is 0. The number of benzene rings is 8. The number of ether oxygens (including phenoxy) is 1. The lowest BCUT2D eigenvalue weighted by atomic mass is 9.50. The monoisotopic (exact) mass is 716 g/mol. The molecule has 0 radical (unpaired) electrons. The Bertz CT molecular complexity index is 3410. The van der Waals surface area contributed by atoms with Gasteiger partial charge in [0, 0.05) is 38.9 Å². The van der Waals surface area contributed by atoms with Crippen molar-refractivity contribution in [2.45, 2.75) is 0 Å². The number of fused-ring (bicyclic) bond motifs is 12. The molecule has 6 nitrogen and oxygen atoms in total. The van der Waals surface area contributed by atoms with Crippen molar-refractivity contribution < 1.29 is 9.39 Å². The van der Waals surface area contributed by atoms with E-state index in [2.05, 4.69) is 177 Å². The average molecular weight is 717 g/mol. The molecule has 2 aliphatic heterocycles. The number of aromatic nitrogens is 4. The van der Waals surface area contributed by atoms with Crippen LogP contribution in [0.2, 0.25) is 0 Å². The molecule has 0 aliphatic carbocycles. The first kappa shape index (κ1) is 29.9. The van der Waals surface area contributed by atoms with Crippen LogP contribution < -0.4 is 20.3 Å². The Morgan fingerprint density at radius 2 is 1.12 bits per heavy atom. The van der Waals surface area contributed by atoms with E-state index in [1.165, 1.54) is 21.8 Å². The Hall–Kier alpha value is -7.51. The highest BCUT2D eigenvalue weighted by Gasteiger charge is 2.41. The number of para-hydroxylation sites is 8. The third kappa shape index (κ3) is 3.98. The fraction of sp³-hybridized carbons (Fsp3) is 0. The van der Waals surface area contributed by atoms with E-state index in [0.717, 1.165) is 89.6 Å². The van der Waals surface area contributed by atoms with E-state index in [-0.39, 0.29) is 6.92 Å². The Morgan fingerprint density at radius 1 is 0.464 bits per heavy atom. The van der Waals surface area contributed by atoms with Crippen LogP contribution in [-0.2, 0) is 0 Å². The van der Waals surface area contributed by atoms with E-state index in [4.69, 9.17) is 14.4 Å². The summed E-state index contributed by atoms with van der Waals surface area (Å²) in [6.45, 7) is -0.329. The smallest absolute Gasteiger partial charge is 0.434 e. The van der Waals surface area contributed by atoms with Crippen LogP contribution in [0.4, 0.5) is 0 Å². The molecule has 0 saturated heterocycles. The molecule has 7 heteroatoms. The van der Waals surface area contributed by atoms with Crippen LogP contribution in [-0.4, -0.2) is 25.4 Å². The van der Waals surface area contributed by atoms with Crippen LogP contribution in [0, 0.1) is 0 Å². The second kappa shape index (κ2) is 11.0. The van der Waals surface area contributed by atoms with Crippen LogP contribution in [0.25, 0.3) is 83.3 Å². The van der Waals surface area contributed by atoms with Crippen LogP contribution in [0.5, 0.6) is 17.2 Å². The summed E-state index contributed by atoms with van der Waals surface area (Å²) in [4.78, 5) is 5.18. The summed E-state index contributed by atoms with van der Waals surface area (Å²) in [5.74, 6) is 3.28. The first-order chi connectivity index (χ1) is 27.8. The van der Waals surface area contributed by atoms with Gasteiger partial charge in [-0.2, -0.15) is 0 Å². The van der Waals surface area contributed by atoms with E-state index in [0.29, 0.717) is 0 Å². The fourth-order valence-corrected chi connectivity index (χ4v) is 9.34. The van der Waals surface area contributed by atoms with E-state index in [1.54, 1.807) is 0 Å². The van der Waals surface area contributed by atoms with Gasteiger partial charge in [0.05, 0.1) is 44.5 Å². The first-order valence-electron chi connectivity index (χ1n) is 19.0. The lowest BCUT2D eigenvalue weighted by molar-refractivity contribution is 0.479. The third-order valence-corrected chi connectivity index (χ3v) is 11.7. The molecule has 11 aromatic rings. The molecule has 0 spiro atoms. The van der Waals surface area contributed by atoms with Gasteiger partial charge in [-0.25, -0.2) is 4.98 Å². The Labute approximate surface area is 321 Å². The number of imidazole rings is 2. The third-order valence-electron chi connectivity index (χ3n) is 11.7. The van der Waals surface area contributed by atoms with Gasteiger partial charge in [0.25, 0.3) is 0 Å². The van der Waals surface area contributed by atoms with Gasteiger partial charge in [0.2, 0.25) is 5.78 Å². The van der Waals surface area contributed by atoms with E-state index >= 15 is 0 Å². The minimum absolute atomic E-state index is 0.329. The maximum absolute atomic E-state index is 7.07. The van der Waals surface area contributed by atoms with Crippen LogP contribution in [0.3, 0.4) is 0 Å².